The summed E-state index contributed by atoms with van der Waals surface area (Å²) in [6.45, 7) is 2.27. The normalized spacial score (nSPS) is 23.3. The van der Waals surface area contributed by atoms with Gasteiger partial charge in [-0.05, 0) is 36.5 Å². The minimum Gasteiger partial charge on any atom is -0.466 e. The zero-order chi connectivity index (χ0) is 13.2. The smallest absolute Gasteiger partial charge is 0.107 e. The molecule has 1 saturated carbocycles. The average molecular weight is 255 g/mol. The van der Waals surface area contributed by atoms with E-state index in [-0.39, 0.29) is 6.04 Å². The molecule has 2 aromatic rings. The van der Waals surface area contributed by atoms with Gasteiger partial charge in [-0.1, -0.05) is 37.3 Å². The third-order valence-electron chi connectivity index (χ3n) is 3.96. The van der Waals surface area contributed by atoms with Crippen LogP contribution in [0.5, 0.6) is 0 Å². The topological polar surface area (TPSA) is 39.2 Å². The van der Waals surface area contributed by atoms with Crippen molar-refractivity contribution in [1.82, 2.24) is 0 Å². The van der Waals surface area contributed by atoms with Crippen molar-refractivity contribution in [2.24, 2.45) is 11.7 Å². The van der Waals surface area contributed by atoms with Gasteiger partial charge in [0.1, 0.15) is 11.5 Å². The zero-order valence-corrected chi connectivity index (χ0v) is 11.4. The molecule has 0 aliphatic heterocycles. The van der Waals surface area contributed by atoms with Crippen LogP contribution in [0.1, 0.15) is 36.3 Å². The quantitative estimate of drug-likeness (QED) is 0.888. The fourth-order valence-electron chi connectivity index (χ4n) is 2.67. The van der Waals surface area contributed by atoms with Crippen molar-refractivity contribution in [2.45, 2.75) is 38.1 Å². The van der Waals surface area contributed by atoms with E-state index in [0.717, 1.165) is 30.3 Å². The number of furan rings is 1. The van der Waals surface area contributed by atoms with Gasteiger partial charge in [0, 0.05) is 18.4 Å². The van der Waals surface area contributed by atoms with Crippen LogP contribution in [-0.2, 0) is 12.8 Å². The fraction of sp³-hybridized carbons (Fsp3) is 0.412. The van der Waals surface area contributed by atoms with Gasteiger partial charge in [-0.2, -0.15) is 0 Å². The van der Waals surface area contributed by atoms with Crippen LogP contribution in [0, 0.1) is 5.92 Å². The summed E-state index contributed by atoms with van der Waals surface area (Å²) in [4.78, 5) is 0. The Morgan fingerprint density at radius 1 is 1.16 bits per heavy atom. The SMILES string of the molecule is CC1CC1c1ccc(CC(N)Cc2ccccc2)o1. The predicted molar refractivity (Wildman–Crippen MR) is 77.1 cm³/mol. The first-order valence-corrected chi connectivity index (χ1v) is 7.10. The third kappa shape index (κ3) is 3.07. The first kappa shape index (κ1) is 12.5. The van der Waals surface area contributed by atoms with Crippen LogP contribution >= 0.6 is 0 Å². The highest BCUT2D eigenvalue weighted by Crippen LogP contribution is 2.47. The minimum absolute atomic E-state index is 0.123. The molecule has 3 rings (SSSR count). The Bertz CT molecular complexity index is 531. The van der Waals surface area contributed by atoms with Crippen LogP contribution in [0.3, 0.4) is 0 Å². The molecule has 1 aromatic heterocycles. The Morgan fingerprint density at radius 3 is 2.58 bits per heavy atom. The van der Waals surface area contributed by atoms with Crippen LogP contribution in [0.25, 0.3) is 0 Å². The summed E-state index contributed by atoms with van der Waals surface area (Å²) in [5.41, 5.74) is 7.50. The second-order valence-electron chi connectivity index (χ2n) is 5.78. The lowest BCUT2D eigenvalue weighted by molar-refractivity contribution is 0.445. The van der Waals surface area contributed by atoms with Crippen molar-refractivity contribution in [3.63, 3.8) is 0 Å². The van der Waals surface area contributed by atoms with Crippen molar-refractivity contribution < 1.29 is 4.42 Å². The second-order valence-corrected chi connectivity index (χ2v) is 5.78. The largest absolute Gasteiger partial charge is 0.466 e. The van der Waals surface area contributed by atoms with Gasteiger partial charge in [0.25, 0.3) is 0 Å². The van der Waals surface area contributed by atoms with E-state index in [1.165, 1.54) is 12.0 Å². The summed E-state index contributed by atoms with van der Waals surface area (Å²) in [5.74, 6) is 3.61. The molecule has 1 aromatic carbocycles. The molecule has 0 bridgehead atoms. The zero-order valence-electron chi connectivity index (χ0n) is 11.4. The van der Waals surface area contributed by atoms with Crippen LogP contribution in [0.4, 0.5) is 0 Å². The standard InChI is InChI=1S/C17H21NO/c1-12-9-16(12)17-8-7-15(19-17)11-14(18)10-13-5-3-2-4-6-13/h2-8,12,14,16H,9-11,18H2,1H3. The third-order valence-corrected chi connectivity index (χ3v) is 3.96. The maximum atomic E-state index is 6.21. The lowest BCUT2D eigenvalue weighted by Crippen LogP contribution is -2.25. The van der Waals surface area contributed by atoms with Crippen molar-refractivity contribution in [2.75, 3.05) is 0 Å². The predicted octanol–water partition coefficient (Wildman–Crippen LogP) is 3.52. The van der Waals surface area contributed by atoms with Crippen molar-refractivity contribution in [3.05, 3.63) is 59.5 Å². The van der Waals surface area contributed by atoms with Gasteiger partial charge < -0.3 is 10.2 Å². The van der Waals surface area contributed by atoms with Crippen LogP contribution in [0.2, 0.25) is 0 Å². The van der Waals surface area contributed by atoms with E-state index < -0.39 is 0 Å². The monoisotopic (exact) mass is 255 g/mol. The maximum absolute atomic E-state index is 6.21. The van der Waals surface area contributed by atoms with Gasteiger partial charge >= 0.3 is 0 Å². The molecule has 3 unspecified atom stereocenters. The highest BCUT2D eigenvalue weighted by Gasteiger charge is 2.36. The molecule has 2 heteroatoms. The number of hydrogen-bond acceptors (Lipinski definition) is 2. The lowest BCUT2D eigenvalue weighted by atomic mass is 10.0. The summed E-state index contributed by atoms with van der Waals surface area (Å²) in [6.07, 6.45) is 2.98. The summed E-state index contributed by atoms with van der Waals surface area (Å²) >= 11 is 0. The molecule has 0 radical (unpaired) electrons. The molecule has 0 amide bonds. The molecule has 1 aliphatic rings. The first-order valence-electron chi connectivity index (χ1n) is 7.10. The molecule has 1 aliphatic carbocycles. The van der Waals surface area contributed by atoms with Crippen LogP contribution in [0.15, 0.2) is 46.9 Å². The van der Waals surface area contributed by atoms with Crippen molar-refractivity contribution in [1.29, 1.82) is 0 Å². The van der Waals surface area contributed by atoms with Crippen LogP contribution in [-0.4, -0.2) is 6.04 Å². The molecule has 19 heavy (non-hydrogen) atoms. The summed E-state index contributed by atoms with van der Waals surface area (Å²) < 4.78 is 5.91. The molecular formula is C17H21NO. The van der Waals surface area contributed by atoms with Crippen LogP contribution < -0.4 is 5.73 Å². The van der Waals surface area contributed by atoms with E-state index >= 15 is 0 Å². The van der Waals surface area contributed by atoms with Crippen molar-refractivity contribution >= 4 is 0 Å². The molecule has 2 N–H and O–H groups in total. The second kappa shape index (κ2) is 5.22. The Labute approximate surface area is 114 Å². The number of hydrogen-bond donors (Lipinski definition) is 1. The molecule has 0 spiro atoms. The Hall–Kier alpha value is -1.54. The summed E-state index contributed by atoms with van der Waals surface area (Å²) in [5, 5.41) is 0. The van der Waals surface area contributed by atoms with E-state index in [1.54, 1.807) is 0 Å². The molecule has 1 heterocycles. The Kier molecular flexibility index (Phi) is 3.43. The molecule has 3 atom stereocenters. The minimum atomic E-state index is 0.123. The number of benzene rings is 1. The Morgan fingerprint density at radius 2 is 1.89 bits per heavy atom. The molecular weight excluding hydrogens is 234 g/mol. The fourth-order valence-corrected chi connectivity index (χ4v) is 2.67. The van der Waals surface area contributed by atoms with Crippen molar-refractivity contribution in [3.8, 4) is 0 Å². The van der Waals surface area contributed by atoms with E-state index in [1.807, 2.05) is 6.07 Å². The number of rotatable bonds is 5. The van der Waals surface area contributed by atoms with Gasteiger partial charge in [-0.15, -0.1) is 0 Å². The van der Waals surface area contributed by atoms with E-state index in [0.29, 0.717) is 5.92 Å². The van der Waals surface area contributed by atoms with Gasteiger partial charge in [-0.25, -0.2) is 0 Å². The summed E-state index contributed by atoms with van der Waals surface area (Å²) in [6, 6.07) is 14.7. The van der Waals surface area contributed by atoms with E-state index in [9.17, 15) is 0 Å². The highest BCUT2D eigenvalue weighted by atomic mass is 16.3. The van der Waals surface area contributed by atoms with Gasteiger partial charge in [0.2, 0.25) is 0 Å². The van der Waals surface area contributed by atoms with Gasteiger partial charge in [-0.3, -0.25) is 0 Å². The van der Waals surface area contributed by atoms with Gasteiger partial charge in [0.05, 0.1) is 0 Å². The average Bonchev–Trinajstić information content (AvgIpc) is 2.95. The lowest BCUT2D eigenvalue weighted by Gasteiger charge is -2.09. The maximum Gasteiger partial charge on any atom is 0.107 e. The molecule has 100 valence electrons. The molecule has 1 fully saturated rings. The van der Waals surface area contributed by atoms with E-state index in [2.05, 4.69) is 43.3 Å². The highest BCUT2D eigenvalue weighted by molar-refractivity contribution is 5.19. The Balaban J connectivity index is 1.57. The number of nitrogens with two attached hydrogens (primary N) is 1. The summed E-state index contributed by atoms with van der Waals surface area (Å²) in [7, 11) is 0. The van der Waals surface area contributed by atoms with Gasteiger partial charge in [0.15, 0.2) is 0 Å². The van der Waals surface area contributed by atoms with E-state index in [4.69, 9.17) is 10.2 Å². The first-order chi connectivity index (χ1) is 9.22. The molecule has 0 saturated heterocycles. The molecule has 2 nitrogen and oxygen atoms in total.